The third-order valence-electron chi connectivity index (χ3n) is 5.44. The highest BCUT2D eigenvalue weighted by molar-refractivity contribution is 5.02. The predicted octanol–water partition coefficient (Wildman–Crippen LogP) is 0.421. The molecule has 3 atom stereocenters. The minimum atomic E-state index is 0.280. The molecule has 3 heterocycles. The van der Waals surface area contributed by atoms with E-state index in [1.807, 2.05) is 0 Å². The van der Waals surface area contributed by atoms with E-state index in [9.17, 15) is 0 Å². The van der Waals surface area contributed by atoms with Gasteiger partial charge in [-0.15, -0.1) is 0 Å². The molecule has 1 unspecified atom stereocenters. The van der Waals surface area contributed by atoms with Gasteiger partial charge in [-0.2, -0.15) is 0 Å². The molecule has 3 fully saturated rings. The van der Waals surface area contributed by atoms with Crippen molar-refractivity contribution in [3.05, 3.63) is 0 Å². The van der Waals surface area contributed by atoms with Gasteiger partial charge in [0, 0.05) is 51.4 Å². The number of likely N-dealkylation sites (N-methyl/N-ethyl adjacent to an activating group) is 1. The third kappa shape index (κ3) is 1.90. The lowest BCUT2D eigenvalue weighted by atomic mass is 9.98. The van der Waals surface area contributed by atoms with Crippen molar-refractivity contribution in [2.24, 2.45) is 0 Å². The second kappa shape index (κ2) is 4.75. The standard InChI is InChI=1S/C14H27N4/c1-12-9-18(10-13(2)16(12)3)14-5-4-7-17(14)8-6-15-11-14/h12-13H,4-11H2,1-3H3/t12-,13+,14?. The molecule has 4 nitrogen and oxygen atoms in total. The molecule has 0 aromatic carbocycles. The van der Waals surface area contributed by atoms with Gasteiger partial charge in [-0.3, -0.25) is 14.7 Å². The summed E-state index contributed by atoms with van der Waals surface area (Å²) in [5, 5.41) is 4.74. The van der Waals surface area contributed by atoms with E-state index < -0.39 is 0 Å². The fourth-order valence-electron chi connectivity index (χ4n) is 4.07. The number of fused-ring (bicyclic) bond motifs is 1. The van der Waals surface area contributed by atoms with Crippen LogP contribution in [0.15, 0.2) is 0 Å². The minimum Gasteiger partial charge on any atom is -0.298 e. The summed E-state index contributed by atoms with van der Waals surface area (Å²) in [4.78, 5) is 7.98. The topological polar surface area (TPSA) is 23.8 Å². The maximum Gasteiger partial charge on any atom is 0.0884 e. The van der Waals surface area contributed by atoms with E-state index in [0.29, 0.717) is 12.1 Å². The van der Waals surface area contributed by atoms with Gasteiger partial charge in [-0.25, -0.2) is 5.32 Å². The summed E-state index contributed by atoms with van der Waals surface area (Å²) in [5.41, 5.74) is 0.280. The van der Waals surface area contributed by atoms with Crippen molar-refractivity contribution in [1.82, 2.24) is 20.0 Å². The van der Waals surface area contributed by atoms with Gasteiger partial charge in [-0.1, -0.05) is 0 Å². The van der Waals surface area contributed by atoms with Gasteiger partial charge in [0.2, 0.25) is 0 Å². The maximum absolute atomic E-state index is 4.74. The Morgan fingerprint density at radius 3 is 2.50 bits per heavy atom. The van der Waals surface area contributed by atoms with E-state index in [1.165, 1.54) is 39.0 Å². The molecule has 0 saturated carbocycles. The van der Waals surface area contributed by atoms with Crippen LogP contribution in [-0.4, -0.2) is 78.8 Å². The van der Waals surface area contributed by atoms with Gasteiger partial charge in [0.15, 0.2) is 0 Å². The van der Waals surface area contributed by atoms with Crippen LogP contribution in [0.4, 0.5) is 0 Å². The van der Waals surface area contributed by atoms with E-state index in [-0.39, 0.29) is 5.66 Å². The summed E-state index contributed by atoms with van der Waals surface area (Å²) in [5.74, 6) is 0. The van der Waals surface area contributed by atoms with Gasteiger partial charge in [-0.05, 0) is 33.7 Å². The Bertz CT molecular complexity index is 296. The molecule has 1 radical (unpaired) electrons. The molecule has 18 heavy (non-hydrogen) atoms. The summed E-state index contributed by atoms with van der Waals surface area (Å²) >= 11 is 0. The average molecular weight is 251 g/mol. The molecular weight excluding hydrogens is 224 g/mol. The molecule has 103 valence electrons. The van der Waals surface area contributed by atoms with Crippen molar-refractivity contribution in [3.8, 4) is 0 Å². The van der Waals surface area contributed by atoms with E-state index in [4.69, 9.17) is 5.32 Å². The minimum absolute atomic E-state index is 0.280. The first-order valence-corrected chi connectivity index (χ1v) is 7.49. The molecule has 4 heteroatoms. The first kappa shape index (κ1) is 12.9. The molecule has 0 N–H and O–H groups in total. The van der Waals surface area contributed by atoms with Crippen LogP contribution in [0, 0.1) is 0 Å². The van der Waals surface area contributed by atoms with Crippen LogP contribution in [0.2, 0.25) is 0 Å². The molecule has 0 aliphatic carbocycles. The largest absolute Gasteiger partial charge is 0.298 e. The monoisotopic (exact) mass is 251 g/mol. The highest BCUT2D eigenvalue weighted by atomic mass is 15.5. The highest BCUT2D eigenvalue weighted by Crippen LogP contribution is 2.36. The first-order valence-electron chi connectivity index (χ1n) is 7.49. The zero-order valence-electron chi connectivity index (χ0n) is 12.1. The third-order valence-corrected chi connectivity index (χ3v) is 5.44. The van der Waals surface area contributed by atoms with Crippen LogP contribution in [0.3, 0.4) is 0 Å². The van der Waals surface area contributed by atoms with Gasteiger partial charge >= 0.3 is 0 Å². The number of hydrogen-bond donors (Lipinski definition) is 0. The Morgan fingerprint density at radius 1 is 1.06 bits per heavy atom. The number of nitrogens with zero attached hydrogens (tertiary/aromatic N) is 4. The average Bonchev–Trinajstić information content (AvgIpc) is 2.80. The predicted molar refractivity (Wildman–Crippen MR) is 73.7 cm³/mol. The van der Waals surface area contributed by atoms with E-state index in [0.717, 1.165) is 13.1 Å². The molecular formula is C14H27N4. The molecule has 0 spiro atoms. The first-order chi connectivity index (χ1) is 8.63. The van der Waals surface area contributed by atoms with E-state index >= 15 is 0 Å². The molecule has 3 saturated heterocycles. The lowest BCUT2D eigenvalue weighted by Crippen LogP contribution is -2.70. The Hall–Kier alpha value is -0.160. The number of piperazine rings is 2. The van der Waals surface area contributed by atoms with Crippen LogP contribution in [0.1, 0.15) is 26.7 Å². The zero-order chi connectivity index (χ0) is 12.8. The highest BCUT2D eigenvalue weighted by Gasteiger charge is 2.49. The van der Waals surface area contributed by atoms with Gasteiger partial charge < -0.3 is 0 Å². The normalized spacial score (nSPS) is 44.2. The maximum atomic E-state index is 4.74. The van der Waals surface area contributed by atoms with Gasteiger partial charge in [0.25, 0.3) is 0 Å². The molecule has 0 bridgehead atoms. The Morgan fingerprint density at radius 2 is 1.78 bits per heavy atom. The number of hydrogen-bond acceptors (Lipinski definition) is 3. The lowest BCUT2D eigenvalue weighted by molar-refractivity contribution is -0.0900. The molecule has 3 rings (SSSR count). The summed E-state index contributed by atoms with van der Waals surface area (Å²) in [6.07, 6.45) is 2.67. The summed E-state index contributed by atoms with van der Waals surface area (Å²) in [6.45, 7) is 11.7. The molecule has 3 aliphatic heterocycles. The van der Waals surface area contributed by atoms with Crippen molar-refractivity contribution in [2.45, 2.75) is 44.4 Å². The van der Waals surface area contributed by atoms with Crippen molar-refractivity contribution < 1.29 is 0 Å². The molecule has 3 aliphatic rings. The molecule has 0 aromatic heterocycles. The summed E-state index contributed by atoms with van der Waals surface area (Å²) in [6, 6.07) is 1.32. The van der Waals surface area contributed by atoms with Crippen molar-refractivity contribution in [2.75, 3.05) is 46.3 Å². The van der Waals surface area contributed by atoms with Crippen LogP contribution in [0.5, 0.6) is 0 Å². The van der Waals surface area contributed by atoms with Gasteiger partial charge in [0.1, 0.15) is 0 Å². The Labute approximate surface area is 111 Å². The second-order valence-corrected chi connectivity index (χ2v) is 6.45. The van der Waals surface area contributed by atoms with Crippen molar-refractivity contribution in [1.29, 1.82) is 0 Å². The molecule has 0 aromatic rings. The van der Waals surface area contributed by atoms with Crippen LogP contribution in [-0.2, 0) is 0 Å². The quantitative estimate of drug-likeness (QED) is 0.675. The van der Waals surface area contributed by atoms with E-state index in [2.05, 4.69) is 35.6 Å². The summed E-state index contributed by atoms with van der Waals surface area (Å²) < 4.78 is 0. The number of rotatable bonds is 1. The van der Waals surface area contributed by atoms with Crippen LogP contribution in [0.25, 0.3) is 0 Å². The summed E-state index contributed by atoms with van der Waals surface area (Å²) in [7, 11) is 2.27. The zero-order valence-corrected chi connectivity index (χ0v) is 12.1. The smallest absolute Gasteiger partial charge is 0.0884 e. The fraction of sp³-hybridized carbons (Fsp3) is 1.00. The van der Waals surface area contributed by atoms with Crippen molar-refractivity contribution in [3.63, 3.8) is 0 Å². The van der Waals surface area contributed by atoms with Crippen molar-refractivity contribution >= 4 is 0 Å². The lowest BCUT2D eigenvalue weighted by Gasteiger charge is -2.54. The van der Waals surface area contributed by atoms with Crippen LogP contribution < -0.4 is 5.32 Å². The Balaban J connectivity index is 1.80. The Kier molecular flexibility index (Phi) is 3.39. The molecule has 0 amide bonds. The van der Waals surface area contributed by atoms with Crippen LogP contribution >= 0.6 is 0 Å². The second-order valence-electron chi connectivity index (χ2n) is 6.45. The van der Waals surface area contributed by atoms with Gasteiger partial charge in [0.05, 0.1) is 5.66 Å². The SMILES string of the molecule is C[C@@H]1CN(C23CCCN2CC[N]C3)C[C@H](C)N1C. The fourth-order valence-corrected chi connectivity index (χ4v) is 4.07. The van der Waals surface area contributed by atoms with E-state index in [1.54, 1.807) is 0 Å².